The Kier molecular flexibility index (Phi) is 5.60. The summed E-state index contributed by atoms with van der Waals surface area (Å²) in [5, 5.41) is 5.69. The number of imidazole rings is 1. The molecule has 3 aromatic rings. The highest BCUT2D eigenvalue weighted by Crippen LogP contribution is 2.33. The average molecular weight is 433 g/mol. The number of hydrogen-bond donors (Lipinski definition) is 2. The van der Waals surface area contributed by atoms with E-state index in [0.29, 0.717) is 17.7 Å². The van der Waals surface area contributed by atoms with E-state index in [0.717, 1.165) is 16.7 Å². The topological polar surface area (TPSA) is 67.7 Å². The van der Waals surface area contributed by atoms with Crippen molar-refractivity contribution in [1.29, 1.82) is 0 Å². The van der Waals surface area contributed by atoms with E-state index in [-0.39, 0.29) is 17.4 Å². The summed E-state index contributed by atoms with van der Waals surface area (Å²) >= 11 is 5.74. The predicted molar refractivity (Wildman–Crippen MR) is 97.5 cm³/mol. The molecule has 0 saturated heterocycles. The number of aryl methyl sites for hydroxylation is 1. The van der Waals surface area contributed by atoms with Gasteiger partial charge in [-0.05, 0) is 29.3 Å². The number of nitrogens with zero attached hydrogens (tertiary/aromatic N) is 4. The molecule has 0 amide bonds. The van der Waals surface area contributed by atoms with Crippen molar-refractivity contribution in [2.45, 2.75) is 12.7 Å². The molecule has 0 spiro atoms. The van der Waals surface area contributed by atoms with Crippen LogP contribution in [-0.4, -0.2) is 26.6 Å². The summed E-state index contributed by atoms with van der Waals surface area (Å²) < 4.78 is 68.5. The molecule has 0 bridgehead atoms. The molecule has 6 nitrogen and oxygen atoms in total. The van der Waals surface area contributed by atoms with E-state index in [9.17, 15) is 22.0 Å². The van der Waals surface area contributed by atoms with Crippen LogP contribution in [0, 0.1) is 11.6 Å². The van der Waals surface area contributed by atoms with E-state index in [1.54, 1.807) is 7.05 Å². The number of hydrogen-bond acceptors (Lipinski definition) is 5. The fraction of sp³-hybridized carbons (Fsp3) is 0.235. The lowest BCUT2D eigenvalue weighted by Crippen LogP contribution is -2.07. The summed E-state index contributed by atoms with van der Waals surface area (Å²) in [4.78, 5) is 11.1. The van der Waals surface area contributed by atoms with Gasteiger partial charge in [0.15, 0.2) is 11.5 Å². The molecule has 0 radical (unpaired) electrons. The predicted octanol–water partition coefficient (Wildman–Crippen LogP) is 4.48. The van der Waals surface area contributed by atoms with Crippen LogP contribution in [0.2, 0.25) is 5.28 Å². The van der Waals surface area contributed by atoms with E-state index in [1.807, 2.05) is 0 Å². The van der Waals surface area contributed by atoms with Gasteiger partial charge in [-0.15, -0.1) is 0 Å². The normalized spacial score (nSPS) is 11.6. The second-order valence-corrected chi connectivity index (χ2v) is 6.34. The first-order valence-electron chi connectivity index (χ1n) is 8.13. The number of halogens is 6. The van der Waals surface area contributed by atoms with Gasteiger partial charge in [0.2, 0.25) is 5.28 Å². The van der Waals surface area contributed by atoms with Crippen LogP contribution in [0.15, 0.2) is 24.5 Å². The Hall–Kier alpha value is -2.95. The van der Waals surface area contributed by atoms with Crippen molar-refractivity contribution < 1.29 is 22.0 Å². The van der Waals surface area contributed by atoms with Gasteiger partial charge in [0.25, 0.3) is 0 Å². The maximum atomic E-state index is 14.6. The molecule has 0 saturated carbocycles. The third-order valence-corrected chi connectivity index (χ3v) is 4.16. The molecule has 0 atom stereocenters. The van der Waals surface area contributed by atoms with Crippen molar-refractivity contribution >= 4 is 23.1 Å². The largest absolute Gasteiger partial charge is 0.434 e. The van der Waals surface area contributed by atoms with E-state index < -0.39 is 34.9 Å². The van der Waals surface area contributed by atoms with E-state index in [4.69, 9.17) is 11.6 Å². The number of aromatic nitrogens is 4. The molecule has 0 aliphatic rings. The third-order valence-electron chi connectivity index (χ3n) is 3.98. The summed E-state index contributed by atoms with van der Waals surface area (Å²) in [6.07, 6.45) is -2.63. The summed E-state index contributed by atoms with van der Waals surface area (Å²) in [6, 6.07) is 2.02. The summed E-state index contributed by atoms with van der Waals surface area (Å²) in [5.74, 6) is -2.24. The fourth-order valence-corrected chi connectivity index (χ4v) is 2.77. The molecule has 0 aliphatic carbocycles. The van der Waals surface area contributed by atoms with Gasteiger partial charge in [-0.2, -0.15) is 18.2 Å². The van der Waals surface area contributed by atoms with Gasteiger partial charge in [-0.1, -0.05) is 0 Å². The molecule has 1 aromatic carbocycles. The minimum absolute atomic E-state index is 0.0190. The monoisotopic (exact) mass is 432 g/mol. The van der Waals surface area contributed by atoms with Crippen molar-refractivity contribution in [2.24, 2.45) is 7.05 Å². The maximum Gasteiger partial charge on any atom is 0.434 e. The lowest BCUT2D eigenvalue weighted by atomic mass is 10.1. The molecule has 29 heavy (non-hydrogen) atoms. The highest BCUT2D eigenvalue weighted by atomic mass is 35.5. The quantitative estimate of drug-likeness (QED) is 0.459. The molecule has 12 heteroatoms. The molecular weight excluding hydrogens is 419 g/mol. The van der Waals surface area contributed by atoms with Gasteiger partial charge in [0, 0.05) is 26.8 Å². The molecule has 0 aliphatic heterocycles. The molecule has 154 valence electrons. The smallest absolute Gasteiger partial charge is 0.384 e. The first-order valence-corrected chi connectivity index (χ1v) is 8.51. The second kappa shape index (κ2) is 7.82. The van der Waals surface area contributed by atoms with Crippen LogP contribution in [-0.2, 0) is 19.8 Å². The standard InChI is InChI=1S/C17H14ClF5N6/c1-24-11-6-26-16(18)28-14(11)25-5-8-3-9(19)13(10(20)4-8)15-27-12(7-29(15)2)17(21,22)23/h3-4,6-7,24H,5H2,1-2H3,(H,25,26,28). The van der Waals surface area contributed by atoms with Gasteiger partial charge in [0.05, 0.1) is 17.4 Å². The van der Waals surface area contributed by atoms with Crippen LogP contribution in [0.1, 0.15) is 11.3 Å². The van der Waals surface area contributed by atoms with Crippen molar-refractivity contribution in [3.63, 3.8) is 0 Å². The molecule has 0 fully saturated rings. The third kappa shape index (κ3) is 4.39. The lowest BCUT2D eigenvalue weighted by Gasteiger charge is -2.12. The molecule has 2 N–H and O–H groups in total. The van der Waals surface area contributed by atoms with Crippen molar-refractivity contribution in [3.8, 4) is 11.4 Å². The SMILES string of the molecule is CNc1cnc(Cl)nc1NCc1cc(F)c(-c2nc(C(F)(F)F)cn2C)c(F)c1. The zero-order chi connectivity index (χ0) is 21.3. The van der Waals surface area contributed by atoms with Crippen molar-refractivity contribution in [1.82, 2.24) is 19.5 Å². The highest BCUT2D eigenvalue weighted by molar-refractivity contribution is 6.28. The average Bonchev–Trinajstić information content (AvgIpc) is 3.01. The first kappa shape index (κ1) is 20.8. The summed E-state index contributed by atoms with van der Waals surface area (Å²) in [7, 11) is 2.86. The molecule has 0 unspecified atom stereocenters. The van der Waals surface area contributed by atoms with Crippen LogP contribution in [0.5, 0.6) is 0 Å². The Bertz CT molecular complexity index is 1030. The first-order chi connectivity index (χ1) is 13.6. The van der Waals surface area contributed by atoms with Gasteiger partial charge in [-0.3, -0.25) is 0 Å². The summed E-state index contributed by atoms with van der Waals surface area (Å²) in [6.45, 7) is -0.0233. The minimum Gasteiger partial charge on any atom is -0.384 e. The Balaban J connectivity index is 1.89. The number of alkyl halides is 3. The van der Waals surface area contributed by atoms with E-state index in [1.165, 1.54) is 13.2 Å². The zero-order valence-electron chi connectivity index (χ0n) is 15.1. The molecule has 2 heterocycles. The second-order valence-electron chi connectivity index (χ2n) is 6.00. The fourth-order valence-electron chi connectivity index (χ4n) is 2.64. The van der Waals surface area contributed by atoms with Crippen LogP contribution >= 0.6 is 11.6 Å². The van der Waals surface area contributed by atoms with E-state index in [2.05, 4.69) is 25.6 Å². The van der Waals surface area contributed by atoms with Gasteiger partial charge in [0.1, 0.15) is 17.5 Å². The molecule has 3 rings (SSSR count). The van der Waals surface area contributed by atoms with Crippen molar-refractivity contribution in [3.05, 3.63) is 52.7 Å². The Morgan fingerprint density at radius 3 is 2.34 bits per heavy atom. The minimum atomic E-state index is -4.73. The Morgan fingerprint density at radius 1 is 1.14 bits per heavy atom. The van der Waals surface area contributed by atoms with Crippen LogP contribution in [0.4, 0.5) is 33.5 Å². The van der Waals surface area contributed by atoms with E-state index >= 15 is 0 Å². The Labute approximate surface area is 166 Å². The van der Waals surface area contributed by atoms with Crippen molar-refractivity contribution in [2.75, 3.05) is 17.7 Å². The number of benzene rings is 1. The Morgan fingerprint density at radius 2 is 1.79 bits per heavy atom. The van der Waals surface area contributed by atoms with Gasteiger partial charge >= 0.3 is 6.18 Å². The number of rotatable bonds is 5. The van der Waals surface area contributed by atoms with Gasteiger partial charge < -0.3 is 15.2 Å². The molecule has 2 aromatic heterocycles. The number of nitrogens with one attached hydrogen (secondary N) is 2. The zero-order valence-corrected chi connectivity index (χ0v) is 15.8. The summed E-state index contributed by atoms with van der Waals surface area (Å²) in [5.41, 5.74) is -1.17. The maximum absolute atomic E-state index is 14.6. The van der Waals surface area contributed by atoms with Gasteiger partial charge in [-0.25, -0.2) is 18.7 Å². The lowest BCUT2D eigenvalue weighted by molar-refractivity contribution is -0.140. The van der Waals surface area contributed by atoms with Crippen LogP contribution in [0.3, 0.4) is 0 Å². The molecular formula is C17H14ClF5N6. The van der Waals surface area contributed by atoms with Crippen LogP contribution in [0.25, 0.3) is 11.4 Å². The van der Waals surface area contributed by atoms with Crippen LogP contribution < -0.4 is 10.6 Å². The number of anilines is 2. The highest BCUT2D eigenvalue weighted by Gasteiger charge is 2.35.